The molecule has 3 nitrogen and oxygen atoms in total. The molecule has 1 aromatic carbocycles. The predicted molar refractivity (Wildman–Crippen MR) is 78.5 cm³/mol. The van der Waals surface area contributed by atoms with Gasteiger partial charge in [0.15, 0.2) is 11.6 Å². The molecular formula is C17H22FNO2. The lowest BCUT2D eigenvalue weighted by Gasteiger charge is -2.37. The zero-order valence-electron chi connectivity index (χ0n) is 12.3. The zero-order chi connectivity index (χ0) is 14.7. The summed E-state index contributed by atoms with van der Waals surface area (Å²) in [6.45, 7) is 2.10. The number of likely N-dealkylation sites (tertiary alicyclic amines) is 1. The van der Waals surface area contributed by atoms with Crippen molar-refractivity contribution in [2.45, 2.75) is 32.1 Å². The van der Waals surface area contributed by atoms with Crippen LogP contribution in [0.1, 0.15) is 32.1 Å². The minimum Gasteiger partial charge on any atom is -0.490 e. The lowest BCUT2D eigenvalue weighted by atomic mass is 9.83. The quantitative estimate of drug-likeness (QED) is 0.852. The van der Waals surface area contributed by atoms with Gasteiger partial charge in [-0.1, -0.05) is 18.6 Å². The Morgan fingerprint density at radius 3 is 2.76 bits per heavy atom. The minimum absolute atomic E-state index is 0.260. The summed E-state index contributed by atoms with van der Waals surface area (Å²) in [4.78, 5) is 14.3. The summed E-state index contributed by atoms with van der Waals surface area (Å²) in [7, 11) is 0. The third-order valence-electron chi connectivity index (χ3n) is 4.60. The molecule has 1 aliphatic carbocycles. The normalized spacial score (nSPS) is 22.7. The van der Waals surface area contributed by atoms with E-state index in [9.17, 15) is 9.18 Å². The number of piperidine rings is 1. The average molecular weight is 291 g/mol. The van der Waals surface area contributed by atoms with E-state index in [0.29, 0.717) is 24.2 Å². The average Bonchev–Trinajstić information content (AvgIpc) is 2.45. The van der Waals surface area contributed by atoms with Crippen molar-refractivity contribution in [3.8, 4) is 5.75 Å². The maximum atomic E-state index is 13.5. The molecule has 114 valence electrons. The predicted octanol–water partition coefficient (Wildman–Crippen LogP) is 3.24. The van der Waals surface area contributed by atoms with Crippen LogP contribution in [-0.4, -0.2) is 30.5 Å². The highest BCUT2D eigenvalue weighted by atomic mass is 19.1. The summed E-state index contributed by atoms with van der Waals surface area (Å²) in [5, 5.41) is 0. The fraction of sp³-hybridized carbons (Fsp3) is 0.588. The van der Waals surface area contributed by atoms with Crippen molar-refractivity contribution in [2.24, 2.45) is 11.8 Å². The van der Waals surface area contributed by atoms with Crippen LogP contribution in [0.25, 0.3) is 0 Å². The number of nitrogens with zero attached hydrogens (tertiary/aromatic N) is 1. The summed E-state index contributed by atoms with van der Waals surface area (Å²) in [6.07, 6.45) is 5.34. The highest BCUT2D eigenvalue weighted by Crippen LogP contribution is 2.30. The first-order chi connectivity index (χ1) is 10.2. The smallest absolute Gasteiger partial charge is 0.225 e. The molecule has 1 unspecified atom stereocenters. The summed E-state index contributed by atoms with van der Waals surface area (Å²) in [6, 6.07) is 6.48. The highest BCUT2D eigenvalue weighted by Gasteiger charge is 2.32. The number of ether oxygens (including phenoxy) is 1. The lowest BCUT2D eigenvalue weighted by molar-refractivity contribution is -0.140. The van der Waals surface area contributed by atoms with E-state index < -0.39 is 0 Å². The number of hydrogen-bond donors (Lipinski definition) is 0. The van der Waals surface area contributed by atoms with Crippen molar-refractivity contribution in [3.63, 3.8) is 0 Å². The third-order valence-corrected chi connectivity index (χ3v) is 4.60. The molecular weight excluding hydrogens is 269 g/mol. The molecule has 1 saturated heterocycles. The highest BCUT2D eigenvalue weighted by molar-refractivity contribution is 5.79. The molecule has 4 heteroatoms. The van der Waals surface area contributed by atoms with Crippen molar-refractivity contribution < 1.29 is 13.9 Å². The van der Waals surface area contributed by atoms with Gasteiger partial charge in [-0.3, -0.25) is 4.79 Å². The summed E-state index contributed by atoms with van der Waals surface area (Å²) in [5.41, 5.74) is 0. The molecule has 0 aromatic heterocycles. The maximum absolute atomic E-state index is 13.5. The van der Waals surface area contributed by atoms with Gasteiger partial charge >= 0.3 is 0 Å². The summed E-state index contributed by atoms with van der Waals surface area (Å²) in [5.74, 6) is 0.867. The molecule has 0 spiro atoms. The molecule has 1 aliphatic heterocycles. The van der Waals surface area contributed by atoms with E-state index in [1.807, 2.05) is 4.90 Å². The minimum atomic E-state index is -0.323. The van der Waals surface area contributed by atoms with Crippen molar-refractivity contribution in [1.82, 2.24) is 4.90 Å². The molecule has 1 aromatic rings. The first-order valence-corrected chi connectivity index (χ1v) is 7.90. The monoisotopic (exact) mass is 291 g/mol. The van der Waals surface area contributed by atoms with Crippen LogP contribution in [0.4, 0.5) is 4.39 Å². The Labute approximate surface area is 125 Å². The molecule has 1 heterocycles. The lowest BCUT2D eigenvalue weighted by Crippen LogP contribution is -2.45. The van der Waals surface area contributed by atoms with Crippen molar-refractivity contribution >= 4 is 5.91 Å². The zero-order valence-corrected chi connectivity index (χ0v) is 12.3. The molecule has 3 rings (SSSR count). The van der Waals surface area contributed by atoms with Crippen LogP contribution < -0.4 is 4.74 Å². The van der Waals surface area contributed by atoms with Gasteiger partial charge < -0.3 is 9.64 Å². The van der Waals surface area contributed by atoms with Gasteiger partial charge in [-0.05, 0) is 37.8 Å². The van der Waals surface area contributed by atoms with Gasteiger partial charge in [-0.15, -0.1) is 0 Å². The van der Waals surface area contributed by atoms with Gasteiger partial charge in [0.25, 0.3) is 0 Å². The SMILES string of the molecule is O=C(C1CCC1)N1CCCC(COc2ccccc2F)C1. The first-order valence-electron chi connectivity index (χ1n) is 7.90. The molecule has 1 saturated carbocycles. The third kappa shape index (κ3) is 3.36. The standard InChI is InChI=1S/C17H22FNO2/c18-15-8-1-2-9-16(15)21-12-13-5-4-10-19(11-13)17(20)14-6-3-7-14/h1-2,8-9,13-14H,3-7,10-12H2. The Kier molecular flexibility index (Phi) is 4.42. The van der Waals surface area contributed by atoms with Gasteiger partial charge in [-0.2, -0.15) is 0 Å². The van der Waals surface area contributed by atoms with Crippen molar-refractivity contribution in [2.75, 3.05) is 19.7 Å². The number of carbonyl (C=O) groups is 1. The number of hydrogen-bond acceptors (Lipinski definition) is 2. The second-order valence-corrected chi connectivity index (χ2v) is 6.16. The van der Waals surface area contributed by atoms with Crippen LogP contribution in [-0.2, 0) is 4.79 Å². The van der Waals surface area contributed by atoms with Crippen LogP contribution in [0.15, 0.2) is 24.3 Å². The Bertz CT molecular complexity index is 501. The van der Waals surface area contributed by atoms with E-state index in [-0.39, 0.29) is 11.7 Å². The number of rotatable bonds is 4. The van der Waals surface area contributed by atoms with Gasteiger partial charge in [0.2, 0.25) is 5.91 Å². The van der Waals surface area contributed by atoms with Gasteiger partial charge in [0.05, 0.1) is 6.61 Å². The van der Waals surface area contributed by atoms with E-state index in [2.05, 4.69) is 0 Å². The van der Waals surface area contributed by atoms with Crippen LogP contribution in [0.5, 0.6) is 5.75 Å². The van der Waals surface area contributed by atoms with Crippen LogP contribution in [0.2, 0.25) is 0 Å². The second-order valence-electron chi connectivity index (χ2n) is 6.16. The van der Waals surface area contributed by atoms with E-state index in [0.717, 1.165) is 38.8 Å². The molecule has 0 bridgehead atoms. The van der Waals surface area contributed by atoms with Gasteiger partial charge in [0, 0.05) is 24.9 Å². The van der Waals surface area contributed by atoms with Crippen LogP contribution in [0.3, 0.4) is 0 Å². The number of para-hydroxylation sites is 1. The molecule has 0 radical (unpaired) electrons. The largest absolute Gasteiger partial charge is 0.490 e. The topological polar surface area (TPSA) is 29.5 Å². The molecule has 1 atom stereocenters. The Balaban J connectivity index is 1.51. The van der Waals surface area contributed by atoms with Crippen molar-refractivity contribution in [3.05, 3.63) is 30.1 Å². The van der Waals surface area contributed by atoms with E-state index in [4.69, 9.17) is 4.74 Å². The molecule has 2 fully saturated rings. The number of halogens is 1. The molecule has 1 amide bonds. The fourth-order valence-corrected chi connectivity index (χ4v) is 3.08. The van der Waals surface area contributed by atoms with Gasteiger partial charge in [0.1, 0.15) is 0 Å². The number of carbonyl (C=O) groups excluding carboxylic acids is 1. The number of amides is 1. The molecule has 21 heavy (non-hydrogen) atoms. The Hall–Kier alpha value is -1.58. The summed E-state index contributed by atoms with van der Waals surface area (Å²) < 4.78 is 19.1. The maximum Gasteiger partial charge on any atom is 0.225 e. The molecule has 2 aliphatic rings. The second kappa shape index (κ2) is 6.46. The van der Waals surface area contributed by atoms with Gasteiger partial charge in [-0.25, -0.2) is 4.39 Å². The first kappa shape index (κ1) is 14.4. The Morgan fingerprint density at radius 1 is 1.24 bits per heavy atom. The van der Waals surface area contributed by atoms with E-state index in [1.54, 1.807) is 18.2 Å². The Morgan fingerprint density at radius 2 is 2.05 bits per heavy atom. The van der Waals surface area contributed by atoms with E-state index >= 15 is 0 Å². The van der Waals surface area contributed by atoms with Crippen LogP contribution in [0, 0.1) is 17.7 Å². The van der Waals surface area contributed by atoms with Crippen molar-refractivity contribution in [1.29, 1.82) is 0 Å². The van der Waals surface area contributed by atoms with Crippen LogP contribution >= 0.6 is 0 Å². The fourth-order valence-electron chi connectivity index (χ4n) is 3.08. The molecule has 0 N–H and O–H groups in total. The summed E-state index contributed by atoms with van der Waals surface area (Å²) >= 11 is 0. The number of benzene rings is 1. The van der Waals surface area contributed by atoms with E-state index in [1.165, 1.54) is 12.5 Å².